The van der Waals surface area contributed by atoms with E-state index >= 15 is 0 Å². The number of hydrogen-bond acceptors (Lipinski definition) is 4. The van der Waals surface area contributed by atoms with E-state index in [0.29, 0.717) is 13.2 Å². The number of benzene rings is 1. The van der Waals surface area contributed by atoms with Crippen molar-refractivity contribution in [2.45, 2.75) is 32.3 Å². The summed E-state index contributed by atoms with van der Waals surface area (Å²) in [6.07, 6.45) is 4.10. The number of piperidine rings is 1. The molecule has 1 aromatic carbocycles. The molecule has 1 amide bonds. The maximum atomic E-state index is 12.2. The summed E-state index contributed by atoms with van der Waals surface area (Å²) in [5.74, 6) is 0.0461. The monoisotopic (exact) mass is 317 g/mol. The van der Waals surface area contributed by atoms with Gasteiger partial charge in [0.1, 0.15) is 0 Å². The number of ether oxygens (including phenoxy) is 1. The maximum Gasteiger partial charge on any atom is 0.238 e. The van der Waals surface area contributed by atoms with Crippen LogP contribution in [-0.2, 0) is 9.53 Å². The molecule has 0 radical (unpaired) electrons. The van der Waals surface area contributed by atoms with E-state index in [4.69, 9.17) is 4.74 Å². The van der Waals surface area contributed by atoms with Crippen LogP contribution in [0.15, 0.2) is 24.3 Å². The Bertz CT molecular complexity index is 512. The summed E-state index contributed by atoms with van der Waals surface area (Å²) in [5.41, 5.74) is 2.13. The molecule has 1 atom stereocenters. The summed E-state index contributed by atoms with van der Waals surface area (Å²) in [6, 6.07) is 8.23. The number of nitrogens with one attached hydrogen (secondary N) is 1. The minimum atomic E-state index is 0.0461. The van der Waals surface area contributed by atoms with Crippen LogP contribution in [0.1, 0.15) is 26.2 Å². The Morgan fingerprint density at radius 3 is 2.61 bits per heavy atom. The molecule has 0 aliphatic carbocycles. The topological polar surface area (TPSA) is 44.8 Å². The van der Waals surface area contributed by atoms with Gasteiger partial charge in [-0.25, -0.2) is 0 Å². The Hall–Kier alpha value is -1.59. The van der Waals surface area contributed by atoms with Crippen LogP contribution >= 0.6 is 0 Å². The normalized spacial score (nSPS) is 22.8. The minimum absolute atomic E-state index is 0.0461. The highest BCUT2D eigenvalue weighted by molar-refractivity contribution is 5.92. The molecule has 5 nitrogen and oxygen atoms in total. The number of carbonyl (C=O) groups excluding carboxylic acids is 1. The van der Waals surface area contributed by atoms with E-state index in [9.17, 15) is 4.79 Å². The van der Waals surface area contributed by atoms with Crippen molar-refractivity contribution < 1.29 is 9.53 Å². The third kappa shape index (κ3) is 4.69. The molecule has 1 aromatic rings. The number of morpholine rings is 1. The van der Waals surface area contributed by atoms with Crippen LogP contribution in [0, 0.1) is 0 Å². The van der Waals surface area contributed by atoms with E-state index in [2.05, 4.69) is 27.2 Å². The molecule has 1 N–H and O–H groups in total. The first kappa shape index (κ1) is 16.3. The Balaban J connectivity index is 1.50. The van der Waals surface area contributed by atoms with E-state index in [1.54, 1.807) is 0 Å². The fourth-order valence-corrected chi connectivity index (χ4v) is 3.35. The zero-order valence-corrected chi connectivity index (χ0v) is 14.0. The van der Waals surface area contributed by atoms with E-state index in [1.165, 1.54) is 24.9 Å². The van der Waals surface area contributed by atoms with Crippen molar-refractivity contribution in [3.63, 3.8) is 0 Å². The lowest BCUT2D eigenvalue weighted by Crippen LogP contribution is -2.44. The highest BCUT2D eigenvalue weighted by atomic mass is 16.5. The second-order valence-electron chi connectivity index (χ2n) is 6.56. The standard InChI is InChI=1S/C18H27N3O2/c1-15-13-20(11-12-23-15)14-18(22)19-16-5-7-17(8-6-16)21-9-3-2-4-10-21/h5-8,15H,2-4,9-14H2,1H3,(H,19,22). The zero-order valence-electron chi connectivity index (χ0n) is 14.0. The van der Waals surface area contributed by atoms with Crippen molar-refractivity contribution in [1.82, 2.24) is 4.90 Å². The van der Waals surface area contributed by atoms with Crippen molar-refractivity contribution in [3.05, 3.63) is 24.3 Å². The average Bonchev–Trinajstić information content (AvgIpc) is 2.56. The second kappa shape index (κ2) is 7.79. The van der Waals surface area contributed by atoms with Crippen molar-refractivity contribution in [3.8, 4) is 0 Å². The van der Waals surface area contributed by atoms with Crippen LogP contribution in [0.25, 0.3) is 0 Å². The lowest BCUT2D eigenvalue weighted by Gasteiger charge is -2.30. The van der Waals surface area contributed by atoms with Crippen LogP contribution in [0.4, 0.5) is 11.4 Å². The Morgan fingerprint density at radius 1 is 1.17 bits per heavy atom. The van der Waals surface area contributed by atoms with Crippen LogP contribution in [-0.4, -0.2) is 56.2 Å². The SMILES string of the molecule is CC1CN(CC(=O)Nc2ccc(N3CCCCC3)cc2)CCO1. The number of nitrogens with zero attached hydrogens (tertiary/aromatic N) is 2. The molecule has 2 heterocycles. The average molecular weight is 317 g/mol. The van der Waals surface area contributed by atoms with Gasteiger partial charge in [-0.2, -0.15) is 0 Å². The summed E-state index contributed by atoms with van der Waals surface area (Å²) in [4.78, 5) is 16.7. The van der Waals surface area contributed by atoms with Gasteiger partial charge in [-0.3, -0.25) is 9.69 Å². The molecule has 0 aromatic heterocycles. The molecule has 126 valence electrons. The molecule has 0 spiro atoms. The Labute approximate surface area is 138 Å². The lowest BCUT2D eigenvalue weighted by atomic mass is 10.1. The predicted molar refractivity (Wildman–Crippen MR) is 93.0 cm³/mol. The summed E-state index contributed by atoms with van der Waals surface area (Å²) >= 11 is 0. The number of amides is 1. The highest BCUT2D eigenvalue weighted by Crippen LogP contribution is 2.21. The molecule has 0 saturated carbocycles. The third-order valence-corrected chi connectivity index (χ3v) is 4.56. The largest absolute Gasteiger partial charge is 0.376 e. The first-order chi connectivity index (χ1) is 11.2. The van der Waals surface area contributed by atoms with Gasteiger partial charge in [0.05, 0.1) is 19.3 Å². The summed E-state index contributed by atoms with van der Waals surface area (Å²) in [6.45, 7) is 7.11. The van der Waals surface area contributed by atoms with E-state index in [1.807, 2.05) is 19.1 Å². The number of rotatable bonds is 4. The molecule has 3 rings (SSSR count). The fraction of sp³-hybridized carbons (Fsp3) is 0.611. The van der Waals surface area contributed by atoms with Crippen molar-refractivity contribution >= 4 is 17.3 Å². The number of carbonyl (C=O) groups is 1. The van der Waals surface area contributed by atoms with Gasteiger partial charge < -0.3 is 15.0 Å². The van der Waals surface area contributed by atoms with Gasteiger partial charge in [0, 0.05) is 37.6 Å². The van der Waals surface area contributed by atoms with Crippen molar-refractivity contribution in [2.75, 3.05) is 49.5 Å². The van der Waals surface area contributed by atoms with E-state index in [0.717, 1.165) is 31.9 Å². The van der Waals surface area contributed by atoms with Gasteiger partial charge in [-0.05, 0) is 50.5 Å². The molecule has 2 fully saturated rings. The molecular weight excluding hydrogens is 290 g/mol. The van der Waals surface area contributed by atoms with E-state index in [-0.39, 0.29) is 12.0 Å². The highest BCUT2D eigenvalue weighted by Gasteiger charge is 2.19. The van der Waals surface area contributed by atoms with Gasteiger partial charge in [0.25, 0.3) is 0 Å². The third-order valence-electron chi connectivity index (χ3n) is 4.56. The molecule has 2 aliphatic heterocycles. The first-order valence-corrected chi connectivity index (χ1v) is 8.69. The fourth-order valence-electron chi connectivity index (χ4n) is 3.35. The lowest BCUT2D eigenvalue weighted by molar-refractivity contribution is -0.119. The van der Waals surface area contributed by atoms with Gasteiger partial charge in [0.2, 0.25) is 5.91 Å². The summed E-state index contributed by atoms with van der Waals surface area (Å²) < 4.78 is 5.50. The van der Waals surface area contributed by atoms with Gasteiger partial charge in [-0.15, -0.1) is 0 Å². The molecule has 2 aliphatic rings. The van der Waals surface area contributed by atoms with Gasteiger partial charge in [-0.1, -0.05) is 0 Å². The first-order valence-electron chi connectivity index (χ1n) is 8.69. The molecule has 23 heavy (non-hydrogen) atoms. The van der Waals surface area contributed by atoms with Gasteiger partial charge in [0.15, 0.2) is 0 Å². The second-order valence-corrected chi connectivity index (χ2v) is 6.56. The van der Waals surface area contributed by atoms with Crippen LogP contribution in [0.5, 0.6) is 0 Å². The van der Waals surface area contributed by atoms with Crippen LogP contribution in [0.2, 0.25) is 0 Å². The maximum absolute atomic E-state index is 12.2. The quantitative estimate of drug-likeness (QED) is 0.926. The molecule has 5 heteroatoms. The van der Waals surface area contributed by atoms with E-state index < -0.39 is 0 Å². The van der Waals surface area contributed by atoms with Crippen LogP contribution in [0.3, 0.4) is 0 Å². The smallest absolute Gasteiger partial charge is 0.238 e. The molecule has 1 unspecified atom stereocenters. The summed E-state index contributed by atoms with van der Waals surface area (Å²) in [7, 11) is 0. The van der Waals surface area contributed by atoms with Crippen LogP contribution < -0.4 is 10.2 Å². The number of anilines is 2. The summed E-state index contributed by atoms with van der Waals surface area (Å²) in [5, 5.41) is 2.99. The van der Waals surface area contributed by atoms with Gasteiger partial charge >= 0.3 is 0 Å². The van der Waals surface area contributed by atoms with Crippen molar-refractivity contribution in [2.24, 2.45) is 0 Å². The predicted octanol–water partition coefficient (Wildman–Crippen LogP) is 2.34. The Kier molecular flexibility index (Phi) is 5.51. The molecule has 2 saturated heterocycles. The minimum Gasteiger partial charge on any atom is -0.376 e. The Morgan fingerprint density at radius 2 is 1.91 bits per heavy atom. The number of hydrogen-bond donors (Lipinski definition) is 1. The molecule has 0 bridgehead atoms. The molecular formula is C18H27N3O2. The van der Waals surface area contributed by atoms with Crippen molar-refractivity contribution in [1.29, 1.82) is 0 Å². The zero-order chi connectivity index (χ0) is 16.1.